The molecule has 3 amide bonds. The average Bonchev–Trinajstić information content (AvgIpc) is 2.86. The number of ether oxygens (including phenoxy) is 1. The molecule has 1 unspecified atom stereocenters. The molecule has 0 heterocycles. The third-order valence-electron chi connectivity index (χ3n) is 5.16. The molecular weight excluding hydrogens is 484 g/mol. The van der Waals surface area contributed by atoms with Crippen molar-refractivity contribution in [2.45, 2.75) is 38.3 Å². The predicted octanol–water partition coefficient (Wildman–Crippen LogP) is 3.01. The number of rotatable bonds is 4. The van der Waals surface area contributed by atoms with Gasteiger partial charge in [0.25, 0.3) is 11.8 Å². The molecular formula is C29H28N4O5. The number of hydroxylamine groups is 1. The first-order chi connectivity index (χ1) is 18.0. The molecule has 9 heteroatoms. The molecule has 0 aliphatic heterocycles. The highest BCUT2D eigenvalue weighted by molar-refractivity contribution is 6.00. The monoisotopic (exact) mass is 512 g/mol. The van der Waals surface area contributed by atoms with E-state index >= 15 is 0 Å². The Morgan fingerprint density at radius 2 is 1.55 bits per heavy atom. The van der Waals surface area contributed by atoms with Crippen LogP contribution in [0.2, 0.25) is 0 Å². The zero-order valence-corrected chi connectivity index (χ0v) is 21.2. The second kappa shape index (κ2) is 11.8. The molecule has 0 spiro atoms. The van der Waals surface area contributed by atoms with Crippen LogP contribution in [0.5, 0.6) is 0 Å². The number of hydrogen-bond acceptors (Lipinski definition) is 6. The zero-order valence-electron chi connectivity index (χ0n) is 21.2. The van der Waals surface area contributed by atoms with E-state index in [1.165, 1.54) is 6.08 Å². The molecule has 0 fully saturated rings. The number of benzene rings is 2. The smallest absolute Gasteiger partial charge is 0.412 e. The maximum atomic E-state index is 13.0. The van der Waals surface area contributed by atoms with Gasteiger partial charge in [-0.2, -0.15) is 0 Å². The zero-order chi connectivity index (χ0) is 27.8. The first-order valence-electron chi connectivity index (χ1n) is 11.6. The van der Waals surface area contributed by atoms with E-state index in [2.05, 4.69) is 34.3 Å². The van der Waals surface area contributed by atoms with Crippen LogP contribution < -0.4 is 21.8 Å². The van der Waals surface area contributed by atoms with Gasteiger partial charge in [-0.25, -0.2) is 10.3 Å². The minimum atomic E-state index is -1.65. The Hall–Kier alpha value is -4.99. The summed E-state index contributed by atoms with van der Waals surface area (Å²) in [6, 6.07) is 13.5. The number of allylic oxidation sites excluding steroid dienone is 1. The van der Waals surface area contributed by atoms with Crippen LogP contribution in [-0.4, -0.2) is 34.3 Å². The highest BCUT2D eigenvalue weighted by atomic mass is 16.6. The van der Waals surface area contributed by atoms with E-state index in [9.17, 15) is 19.6 Å². The molecule has 6 N–H and O–H groups in total. The summed E-state index contributed by atoms with van der Waals surface area (Å²) in [5.74, 6) is 9.90. The van der Waals surface area contributed by atoms with Crippen molar-refractivity contribution in [2.75, 3.05) is 5.73 Å². The summed E-state index contributed by atoms with van der Waals surface area (Å²) in [4.78, 5) is 37.8. The topological polar surface area (TPSA) is 143 Å². The van der Waals surface area contributed by atoms with Crippen LogP contribution in [0.15, 0.2) is 72.5 Å². The molecule has 0 bridgehead atoms. The van der Waals surface area contributed by atoms with Crippen molar-refractivity contribution in [2.24, 2.45) is 0 Å². The van der Waals surface area contributed by atoms with Crippen molar-refractivity contribution in [1.29, 1.82) is 0 Å². The van der Waals surface area contributed by atoms with Gasteiger partial charge in [-0.1, -0.05) is 17.9 Å². The number of nitrogens with one attached hydrogen (secondary N) is 3. The fourth-order valence-corrected chi connectivity index (χ4v) is 3.40. The van der Waals surface area contributed by atoms with Gasteiger partial charge >= 0.3 is 6.09 Å². The lowest BCUT2D eigenvalue weighted by molar-refractivity contribution is -0.134. The van der Waals surface area contributed by atoms with Gasteiger partial charge in [-0.05, 0) is 93.3 Å². The normalized spacial score (nSPS) is 15.9. The standard InChI is InChI=1S/C29H28N4O5/c1-28(2,3)38-27(36)31-24-9-6-18-29(19-24,26(35)33-37)32-25(34)22-14-10-20(11-15-22)7-4-5-8-21-12-16-23(30)17-13-21/h6,9-17,19,37H,18,30H2,1-3H3,(H,31,36)(H,32,34)(H,33,35). The maximum absolute atomic E-state index is 13.0. The summed E-state index contributed by atoms with van der Waals surface area (Å²) in [5, 5.41) is 14.5. The van der Waals surface area contributed by atoms with Crippen LogP contribution in [0.4, 0.5) is 10.5 Å². The van der Waals surface area contributed by atoms with Crippen LogP contribution in [0, 0.1) is 23.7 Å². The number of nitrogens with two attached hydrogens (primary N) is 1. The van der Waals surface area contributed by atoms with Crippen LogP contribution in [0.25, 0.3) is 0 Å². The number of amides is 3. The third-order valence-corrected chi connectivity index (χ3v) is 5.16. The van der Waals surface area contributed by atoms with Gasteiger partial charge in [0.1, 0.15) is 11.1 Å². The second-order valence-electron chi connectivity index (χ2n) is 9.40. The van der Waals surface area contributed by atoms with Crippen molar-refractivity contribution in [1.82, 2.24) is 16.1 Å². The Bertz CT molecular complexity index is 1400. The van der Waals surface area contributed by atoms with E-state index in [0.29, 0.717) is 11.3 Å². The number of anilines is 1. The Morgan fingerprint density at radius 3 is 2.11 bits per heavy atom. The van der Waals surface area contributed by atoms with Gasteiger partial charge in [0.05, 0.1) is 0 Å². The molecule has 0 saturated carbocycles. The number of carbonyl (C=O) groups is 3. The van der Waals surface area contributed by atoms with Crippen LogP contribution in [0.3, 0.4) is 0 Å². The highest BCUT2D eigenvalue weighted by Crippen LogP contribution is 2.22. The Labute approximate surface area is 221 Å². The van der Waals surface area contributed by atoms with Gasteiger partial charge in [0.15, 0.2) is 0 Å². The summed E-state index contributed by atoms with van der Waals surface area (Å²) < 4.78 is 5.23. The minimum Gasteiger partial charge on any atom is -0.444 e. The van der Waals surface area contributed by atoms with Gasteiger partial charge in [0, 0.05) is 34.5 Å². The van der Waals surface area contributed by atoms with E-state index in [1.54, 1.807) is 86.9 Å². The van der Waals surface area contributed by atoms with E-state index in [4.69, 9.17) is 10.5 Å². The van der Waals surface area contributed by atoms with Crippen LogP contribution in [-0.2, 0) is 9.53 Å². The number of hydrogen-bond donors (Lipinski definition) is 5. The molecule has 38 heavy (non-hydrogen) atoms. The average molecular weight is 513 g/mol. The minimum absolute atomic E-state index is 0.0425. The largest absolute Gasteiger partial charge is 0.444 e. The van der Waals surface area contributed by atoms with Crippen molar-refractivity contribution in [3.8, 4) is 23.7 Å². The molecule has 2 aromatic carbocycles. The summed E-state index contributed by atoms with van der Waals surface area (Å²) in [7, 11) is 0. The fourth-order valence-electron chi connectivity index (χ4n) is 3.40. The predicted molar refractivity (Wildman–Crippen MR) is 142 cm³/mol. The molecule has 3 rings (SSSR count). The fraction of sp³-hybridized carbons (Fsp3) is 0.207. The quantitative estimate of drug-likeness (QED) is 0.184. The number of nitrogen functional groups attached to an aromatic ring is 1. The van der Waals surface area contributed by atoms with E-state index in [1.807, 2.05) is 0 Å². The lowest BCUT2D eigenvalue weighted by atomic mass is 9.88. The van der Waals surface area contributed by atoms with E-state index in [-0.39, 0.29) is 17.7 Å². The summed E-state index contributed by atoms with van der Waals surface area (Å²) in [6.45, 7) is 5.15. The van der Waals surface area contributed by atoms with Crippen molar-refractivity contribution in [3.63, 3.8) is 0 Å². The number of carbonyl (C=O) groups excluding carboxylic acids is 3. The van der Waals surface area contributed by atoms with Gasteiger partial charge < -0.3 is 15.8 Å². The summed E-state index contributed by atoms with van der Waals surface area (Å²) >= 11 is 0. The van der Waals surface area contributed by atoms with Crippen molar-refractivity contribution >= 4 is 23.6 Å². The van der Waals surface area contributed by atoms with Crippen molar-refractivity contribution < 1.29 is 24.3 Å². The first kappa shape index (κ1) is 27.6. The molecule has 2 aromatic rings. The maximum Gasteiger partial charge on any atom is 0.412 e. The van der Waals surface area contributed by atoms with E-state index < -0.39 is 29.0 Å². The molecule has 1 aliphatic carbocycles. The molecule has 0 radical (unpaired) electrons. The molecule has 0 saturated heterocycles. The number of alkyl carbamates (subject to hydrolysis) is 1. The molecule has 0 aromatic heterocycles. The Morgan fingerprint density at radius 1 is 0.974 bits per heavy atom. The summed E-state index contributed by atoms with van der Waals surface area (Å²) in [5.41, 5.74) is 7.43. The molecule has 194 valence electrons. The van der Waals surface area contributed by atoms with E-state index in [0.717, 1.165) is 5.56 Å². The third kappa shape index (κ3) is 7.76. The van der Waals surface area contributed by atoms with Crippen LogP contribution in [0.1, 0.15) is 48.7 Å². The van der Waals surface area contributed by atoms with Crippen molar-refractivity contribution in [3.05, 3.63) is 89.1 Å². The summed E-state index contributed by atoms with van der Waals surface area (Å²) in [6.07, 6.45) is 3.82. The SMILES string of the molecule is CC(C)(C)OC(=O)NC1=CC(NC(=O)c2ccc(C#CC#Cc3ccc(N)cc3)cc2)(C(=O)NO)CC=C1. The molecule has 1 aliphatic rings. The second-order valence-corrected chi connectivity index (χ2v) is 9.40. The highest BCUT2D eigenvalue weighted by Gasteiger charge is 2.39. The Balaban J connectivity index is 1.72. The van der Waals surface area contributed by atoms with Gasteiger partial charge in [-0.3, -0.25) is 20.1 Å². The molecule has 9 nitrogen and oxygen atoms in total. The molecule has 1 atom stereocenters. The first-order valence-corrected chi connectivity index (χ1v) is 11.6. The van der Waals surface area contributed by atoms with Gasteiger partial charge in [0.2, 0.25) is 0 Å². The van der Waals surface area contributed by atoms with Gasteiger partial charge in [-0.15, -0.1) is 0 Å². The lowest BCUT2D eigenvalue weighted by Crippen LogP contribution is -2.58. The van der Waals surface area contributed by atoms with Crippen LogP contribution >= 0.6 is 0 Å². The Kier molecular flexibility index (Phi) is 8.59. The lowest BCUT2D eigenvalue weighted by Gasteiger charge is -2.31.